The van der Waals surface area contributed by atoms with Crippen molar-refractivity contribution in [2.45, 2.75) is 26.4 Å². The van der Waals surface area contributed by atoms with Gasteiger partial charge in [0.25, 0.3) is 0 Å². The molecule has 0 spiro atoms. The van der Waals surface area contributed by atoms with Gasteiger partial charge in [0.15, 0.2) is 5.84 Å². The summed E-state index contributed by atoms with van der Waals surface area (Å²) in [4.78, 5) is 21.0. The van der Waals surface area contributed by atoms with E-state index in [0.29, 0.717) is 31.7 Å². The van der Waals surface area contributed by atoms with Gasteiger partial charge in [-0.25, -0.2) is 4.79 Å². The van der Waals surface area contributed by atoms with Gasteiger partial charge < -0.3 is 35.3 Å². The maximum atomic E-state index is 12.3. The standard InChI is InChI=1S/C21H34N6O3/c1-21(2,3)30-20(28)27-11-9-26(10-12-27)18-14-16(19(22)23-29)13-17(15-18)25-7-5-24(4)6-8-25/h13-15,29H,5-12H2,1-4H3,(H2,22,23). The first kappa shape index (κ1) is 22.0. The molecule has 2 fully saturated rings. The van der Waals surface area contributed by atoms with E-state index >= 15 is 0 Å². The van der Waals surface area contributed by atoms with E-state index in [4.69, 9.17) is 10.5 Å². The normalized spacial score (nSPS) is 19.2. The van der Waals surface area contributed by atoms with Gasteiger partial charge in [0.1, 0.15) is 5.60 Å². The van der Waals surface area contributed by atoms with Crippen molar-refractivity contribution in [3.8, 4) is 0 Å². The number of anilines is 2. The van der Waals surface area contributed by atoms with Crippen LogP contribution in [0.1, 0.15) is 26.3 Å². The van der Waals surface area contributed by atoms with Gasteiger partial charge in [0.05, 0.1) is 0 Å². The summed E-state index contributed by atoms with van der Waals surface area (Å²) < 4.78 is 5.49. The van der Waals surface area contributed by atoms with Gasteiger partial charge in [-0.15, -0.1) is 0 Å². The number of hydrogen-bond acceptors (Lipinski definition) is 7. The van der Waals surface area contributed by atoms with Gasteiger partial charge in [-0.05, 0) is 46.0 Å². The number of hydrogen-bond donors (Lipinski definition) is 2. The molecule has 0 bridgehead atoms. The van der Waals surface area contributed by atoms with E-state index in [-0.39, 0.29) is 11.9 Å². The molecular formula is C21H34N6O3. The summed E-state index contributed by atoms with van der Waals surface area (Å²) in [6.07, 6.45) is -0.273. The number of rotatable bonds is 3. The van der Waals surface area contributed by atoms with Crippen LogP contribution in [-0.4, -0.2) is 91.9 Å². The molecule has 0 unspecified atom stereocenters. The third-order valence-electron chi connectivity index (χ3n) is 5.47. The van der Waals surface area contributed by atoms with Crippen LogP contribution in [0.3, 0.4) is 0 Å². The molecule has 1 amide bonds. The molecule has 2 saturated heterocycles. The molecule has 0 saturated carbocycles. The van der Waals surface area contributed by atoms with Crippen LogP contribution >= 0.6 is 0 Å². The van der Waals surface area contributed by atoms with Crippen LogP contribution in [0.4, 0.5) is 16.2 Å². The number of nitrogens with two attached hydrogens (primary N) is 1. The third-order valence-corrected chi connectivity index (χ3v) is 5.47. The van der Waals surface area contributed by atoms with Gasteiger partial charge in [-0.3, -0.25) is 0 Å². The zero-order valence-corrected chi connectivity index (χ0v) is 18.5. The minimum absolute atomic E-state index is 0.0969. The van der Waals surface area contributed by atoms with Crippen molar-refractivity contribution >= 4 is 23.3 Å². The summed E-state index contributed by atoms with van der Waals surface area (Å²) >= 11 is 0. The number of piperazine rings is 2. The molecule has 3 rings (SSSR count). The highest BCUT2D eigenvalue weighted by molar-refractivity contribution is 5.99. The monoisotopic (exact) mass is 418 g/mol. The Morgan fingerprint density at radius 3 is 1.93 bits per heavy atom. The van der Waals surface area contributed by atoms with Crippen LogP contribution < -0.4 is 15.5 Å². The van der Waals surface area contributed by atoms with Gasteiger partial charge in [-0.2, -0.15) is 0 Å². The fourth-order valence-corrected chi connectivity index (χ4v) is 3.70. The lowest BCUT2D eigenvalue weighted by Gasteiger charge is -2.38. The van der Waals surface area contributed by atoms with E-state index < -0.39 is 5.60 Å². The maximum absolute atomic E-state index is 12.3. The highest BCUT2D eigenvalue weighted by Crippen LogP contribution is 2.27. The first-order valence-corrected chi connectivity index (χ1v) is 10.5. The number of nitrogens with zero attached hydrogens (tertiary/aromatic N) is 5. The van der Waals surface area contributed by atoms with Crippen molar-refractivity contribution in [3.63, 3.8) is 0 Å². The van der Waals surface area contributed by atoms with E-state index in [2.05, 4.69) is 33.0 Å². The number of carbonyl (C=O) groups is 1. The SMILES string of the molecule is CN1CCN(c2cc(/C(N)=N/O)cc(N3CCN(C(=O)OC(C)(C)C)CC3)c2)CC1. The van der Waals surface area contributed by atoms with E-state index in [1.165, 1.54) is 0 Å². The van der Waals surface area contributed by atoms with Crippen molar-refractivity contribution in [1.82, 2.24) is 9.80 Å². The first-order chi connectivity index (χ1) is 14.2. The van der Waals surface area contributed by atoms with Gasteiger partial charge >= 0.3 is 6.09 Å². The largest absolute Gasteiger partial charge is 0.444 e. The van der Waals surface area contributed by atoms with E-state index in [0.717, 1.165) is 37.6 Å². The van der Waals surface area contributed by atoms with Crippen LogP contribution in [-0.2, 0) is 4.74 Å². The number of benzene rings is 1. The molecule has 2 aliphatic heterocycles. The average Bonchev–Trinajstić information content (AvgIpc) is 2.72. The minimum atomic E-state index is -0.499. The van der Waals surface area contributed by atoms with E-state index in [1.807, 2.05) is 32.9 Å². The molecule has 0 aliphatic carbocycles. The molecule has 3 N–H and O–H groups in total. The van der Waals surface area contributed by atoms with Crippen molar-refractivity contribution < 1.29 is 14.7 Å². The van der Waals surface area contributed by atoms with Crippen molar-refractivity contribution in [2.24, 2.45) is 10.9 Å². The Kier molecular flexibility index (Phi) is 6.60. The Balaban J connectivity index is 1.75. The molecule has 0 radical (unpaired) electrons. The Morgan fingerprint density at radius 2 is 1.47 bits per heavy atom. The zero-order valence-electron chi connectivity index (χ0n) is 18.5. The number of oxime groups is 1. The zero-order chi connectivity index (χ0) is 21.9. The summed E-state index contributed by atoms with van der Waals surface area (Å²) in [6.45, 7) is 12.1. The number of amides is 1. The topological polar surface area (TPSA) is 97.9 Å². The lowest BCUT2D eigenvalue weighted by Crippen LogP contribution is -2.50. The average molecular weight is 419 g/mol. The second-order valence-corrected chi connectivity index (χ2v) is 8.97. The van der Waals surface area contributed by atoms with E-state index in [9.17, 15) is 10.0 Å². The van der Waals surface area contributed by atoms with Crippen LogP contribution in [0.25, 0.3) is 0 Å². The number of likely N-dealkylation sites (N-methyl/N-ethyl adjacent to an activating group) is 1. The van der Waals surface area contributed by atoms with Crippen molar-refractivity contribution in [2.75, 3.05) is 69.2 Å². The molecule has 9 heteroatoms. The Morgan fingerprint density at radius 1 is 0.967 bits per heavy atom. The number of ether oxygens (including phenoxy) is 1. The minimum Gasteiger partial charge on any atom is -0.444 e. The number of carbonyl (C=O) groups excluding carboxylic acids is 1. The molecule has 2 heterocycles. The smallest absolute Gasteiger partial charge is 0.410 e. The Bertz CT molecular complexity index is 775. The lowest BCUT2D eigenvalue weighted by atomic mass is 10.1. The first-order valence-electron chi connectivity index (χ1n) is 10.5. The van der Waals surface area contributed by atoms with Crippen LogP contribution in [0.5, 0.6) is 0 Å². The molecule has 166 valence electrons. The molecule has 1 aromatic rings. The highest BCUT2D eigenvalue weighted by Gasteiger charge is 2.26. The van der Waals surface area contributed by atoms with Crippen molar-refractivity contribution in [1.29, 1.82) is 0 Å². The second kappa shape index (κ2) is 8.99. The molecule has 9 nitrogen and oxygen atoms in total. The molecule has 2 aliphatic rings. The summed E-state index contributed by atoms with van der Waals surface area (Å²) in [6, 6.07) is 6.07. The molecule has 0 atom stereocenters. The Labute approximate surface area is 178 Å². The van der Waals surface area contributed by atoms with Crippen LogP contribution in [0, 0.1) is 0 Å². The number of amidine groups is 1. The fourth-order valence-electron chi connectivity index (χ4n) is 3.70. The van der Waals surface area contributed by atoms with Crippen LogP contribution in [0.15, 0.2) is 23.4 Å². The van der Waals surface area contributed by atoms with Crippen molar-refractivity contribution in [3.05, 3.63) is 23.8 Å². The summed E-state index contributed by atoms with van der Waals surface area (Å²) in [5.41, 5.74) is 8.19. The summed E-state index contributed by atoms with van der Waals surface area (Å²) in [5, 5.41) is 12.4. The molecular weight excluding hydrogens is 384 g/mol. The molecule has 30 heavy (non-hydrogen) atoms. The molecule has 0 aromatic heterocycles. The van der Waals surface area contributed by atoms with Crippen LogP contribution in [0.2, 0.25) is 0 Å². The molecule has 1 aromatic carbocycles. The maximum Gasteiger partial charge on any atom is 0.410 e. The highest BCUT2D eigenvalue weighted by atomic mass is 16.6. The predicted molar refractivity (Wildman–Crippen MR) is 119 cm³/mol. The third kappa shape index (κ3) is 5.47. The van der Waals surface area contributed by atoms with Gasteiger partial charge in [-0.1, -0.05) is 5.16 Å². The fraction of sp³-hybridized carbons (Fsp3) is 0.619. The van der Waals surface area contributed by atoms with E-state index in [1.54, 1.807) is 4.90 Å². The van der Waals surface area contributed by atoms with Gasteiger partial charge in [0.2, 0.25) is 0 Å². The van der Waals surface area contributed by atoms with Gasteiger partial charge in [0, 0.05) is 69.3 Å². The quantitative estimate of drug-likeness (QED) is 0.333. The Hall–Kier alpha value is -2.68. The summed E-state index contributed by atoms with van der Waals surface area (Å²) in [5.74, 6) is 0.0969. The lowest BCUT2D eigenvalue weighted by molar-refractivity contribution is 0.0240. The summed E-state index contributed by atoms with van der Waals surface area (Å²) in [7, 11) is 2.12. The second-order valence-electron chi connectivity index (χ2n) is 8.97. The predicted octanol–water partition coefficient (Wildman–Crippen LogP) is 1.59.